The highest BCUT2D eigenvalue weighted by Gasteiger charge is 2.13. The Labute approximate surface area is 157 Å². The van der Waals surface area contributed by atoms with Crippen LogP contribution in [0.3, 0.4) is 0 Å². The second-order valence-corrected chi connectivity index (χ2v) is 6.44. The zero-order valence-corrected chi connectivity index (χ0v) is 15.2. The highest BCUT2D eigenvalue weighted by Crippen LogP contribution is 2.18. The van der Waals surface area contributed by atoms with Gasteiger partial charge in [-0.3, -0.25) is 9.48 Å². The molecule has 6 nitrogen and oxygen atoms in total. The van der Waals surface area contributed by atoms with Crippen LogP contribution in [0.15, 0.2) is 67.0 Å². The summed E-state index contributed by atoms with van der Waals surface area (Å²) < 4.78 is 3.74. The first kappa shape index (κ1) is 17.0. The van der Waals surface area contributed by atoms with Gasteiger partial charge in [0.1, 0.15) is 11.3 Å². The normalized spacial score (nSPS) is 11.0. The molecule has 1 N–H and O–H groups in total. The molecule has 4 rings (SSSR count). The lowest BCUT2D eigenvalue weighted by Gasteiger charge is -2.07. The summed E-state index contributed by atoms with van der Waals surface area (Å²) in [4.78, 5) is 16.9. The molecule has 0 atom stereocenters. The van der Waals surface area contributed by atoms with E-state index in [4.69, 9.17) is 0 Å². The number of hydrogen-bond donors (Lipinski definition) is 1. The summed E-state index contributed by atoms with van der Waals surface area (Å²) in [5.74, 6) is -0.109. The number of rotatable bonds is 6. The molecule has 0 spiro atoms. The van der Waals surface area contributed by atoms with Crippen LogP contribution in [0.4, 0.5) is 0 Å². The van der Waals surface area contributed by atoms with Crippen LogP contribution in [-0.2, 0) is 13.6 Å². The molecule has 0 fully saturated rings. The topological polar surface area (TPSA) is 64.7 Å². The SMILES string of the molecule is Cn1nc(-c2ccccc2)cc1C(=O)NCCCn1ccc2cccnc21. The maximum absolute atomic E-state index is 12.5. The summed E-state index contributed by atoms with van der Waals surface area (Å²) in [6.45, 7) is 1.40. The molecule has 136 valence electrons. The first-order valence-electron chi connectivity index (χ1n) is 9.00. The third-order valence-electron chi connectivity index (χ3n) is 4.57. The van der Waals surface area contributed by atoms with Crippen molar-refractivity contribution in [2.24, 2.45) is 7.05 Å². The monoisotopic (exact) mass is 359 g/mol. The van der Waals surface area contributed by atoms with Gasteiger partial charge in [0, 0.05) is 43.5 Å². The van der Waals surface area contributed by atoms with E-state index in [9.17, 15) is 4.79 Å². The van der Waals surface area contributed by atoms with Crippen LogP contribution in [0, 0.1) is 0 Å². The maximum atomic E-state index is 12.5. The molecular weight excluding hydrogens is 338 g/mol. The van der Waals surface area contributed by atoms with Crippen molar-refractivity contribution in [1.29, 1.82) is 0 Å². The summed E-state index contributed by atoms with van der Waals surface area (Å²) in [6, 6.07) is 17.7. The summed E-state index contributed by atoms with van der Waals surface area (Å²) in [5, 5.41) is 8.56. The van der Waals surface area contributed by atoms with Gasteiger partial charge < -0.3 is 9.88 Å². The molecule has 0 unspecified atom stereocenters. The van der Waals surface area contributed by atoms with E-state index in [-0.39, 0.29) is 5.91 Å². The maximum Gasteiger partial charge on any atom is 0.269 e. The van der Waals surface area contributed by atoms with Crippen molar-refractivity contribution in [2.75, 3.05) is 6.54 Å². The Morgan fingerprint density at radius 3 is 2.81 bits per heavy atom. The lowest BCUT2D eigenvalue weighted by molar-refractivity contribution is 0.0943. The Morgan fingerprint density at radius 2 is 1.96 bits per heavy atom. The molecule has 0 radical (unpaired) electrons. The summed E-state index contributed by atoms with van der Waals surface area (Å²) >= 11 is 0. The highest BCUT2D eigenvalue weighted by atomic mass is 16.2. The Kier molecular flexibility index (Phi) is 4.70. The molecule has 3 heterocycles. The van der Waals surface area contributed by atoms with E-state index >= 15 is 0 Å². The number of aromatic nitrogens is 4. The molecule has 27 heavy (non-hydrogen) atoms. The average Bonchev–Trinajstić information content (AvgIpc) is 3.29. The lowest BCUT2D eigenvalue weighted by atomic mass is 10.1. The average molecular weight is 359 g/mol. The van der Waals surface area contributed by atoms with Crippen LogP contribution >= 0.6 is 0 Å². The van der Waals surface area contributed by atoms with Crippen molar-refractivity contribution in [3.8, 4) is 11.3 Å². The zero-order chi connectivity index (χ0) is 18.6. The lowest BCUT2D eigenvalue weighted by Crippen LogP contribution is -2.27. The van der Waals surface area contributed by atoms with Crippen LogP contribution < -0.4 is 5.32 Å². The fraction of sp³-hybridized carbons (Fsp3) is 0.190. The predicted molar refractivity (Wildman–Crippen MR) is 105 cm³/mol. The first-order valence-corrected chi connectivity index (χ1v) is 9.00. The fourth-order valence-electron chi connectivity index (χ4n) is 3.17. The van der Waals surface area contributed by atoms with Gasteiger partial charge in [-0.1, -0.05) is 30.3 Å². The number of benzene rings is 1. The smallest absolute Gasteiger partial charge is 0.269 e. The van der Waals surface area contributed by atoms with Gasteiger partial charge in [-0.05, 0) is 30.7 Å². The quantitative estimate of drug-likeness (QED) is 0.538. The molecule has 0 saturated heterocycles. The number of fused-ring (bicyclic) bond motifs is 1. The molecular formula is C21H21N5O. The van der Waals surface area contributed by atoms with Crippen LogP contribution in [0.1, 0.15) is 16.9 Å². The Balaban J connectivity index is 1.35. The van der Waals surface area contributed by atoms with E-state index in [1.807, 2.05) is 54.7 Å². The molecule has 3 aromatic heterocycles. The van der Waals surface area contributed by atoms with E-state index in [1.54, 1.807) is 17.9 Å². The fourth-order valence-corrected chi connectivity index (χ4v) is 3.17. The van der Waals surface area contributed by atoms with Gasteiger partial charge in [0.15, 0.2) is 0 Å². The molecule has 1 amide bonds. The summed E-state index contributed by atoms with van der Waals surface area (Å²) in [6.07, 6.45) is 4.66. The van der Waals surface area contributed by atoms with Crippen molar-refractivity contribution >= 4 is 16.9 Å². The number of carbonyl (C=O) groups is 1. The minimum absolute atomic E-state index is 0.109. The van der Waals surface area contributed by atoms with E-state index in [0.29, 0.717) is 12.2 Å². The summed E-state index contributed by atoms with van der Waals surface area (Å²) in [7, 11) is 1.79. The van der Waals surface area contributed by atoms with Crippen LogP contribution in [0.2, 0.25) is 0 Å². The van der Waals surface area contributed by atoms with Crippen LogP contribution in [-0.4, -0.2) is 31.8 Å². The number of aryl methyl sites for hydroxylation is 2. The van der Waals surface area contributed by atoms with Gasteiger partial charge in [0.05, 0.1) is 5.69 Å². The Morgan fingerprint density at radius 1 is 1.11 bits per heavy atom. The van der Waals surface area contributed by atoms with Crippen LogP contribution in [0.25, 0.3) is 22.3 Å². The Bertz CT molecular complexity index is 1060. The molecule has 6 heteroatoms. The third-order valence-corrected chi connectivity index (χ3v) is 4.57. The number of carbonyl (C=O) groups excluding carboxylic acids is 1. The second-order valence-electron chi connectivity index (χ2n) is 6.44. The van der Waals surface area contributed by atoms with Gasteiger partial charge in [0.2, 0.25) is 0 Å². The number of amides is 1. The molecule has 0 saturated carbocycles. The number of nitrogens with one attached hydrogen (secondary N) is 1. The van der Waals surface area contributed by atoms with Gasteiger partial charge in [0.25, 0.3) is 5.91 Å². The predicted octanol–water partition coefficient (Wildman–Crippen LogP) is 3.26. The van der Waals surface area contributed by atoms with Crippen molar-refractivity contribution < 1.29 is 4.79 Å². The minimum atomic E-state index is -0.109. The van der Waals surface area contributed by atoms with Gasteiger partial charge in [-0.2, -0.15) is 5.10 Å². The van der Waals surface area contributed by atoms with Crippen molar-refractivity contribution in [3.63, 3.8) is 0 Å². The highest BCUT2D eigenvalue weighted by molar-refractivity contribution is 5.93. The third kappa shape index (κ3) is 3.60. The second kappa shape index (κ2) is 7.45. The largest absolute Gasteiger partial charge is 0.351 e. The van der Waals surface area contributed by atoms with E-state index in [1.165, 1.54) is 0 Å². The molecule has 0 aliphatic carbocycles. The van der Waals surface area contributed by atoms with Gasteiger partial charge >= 0.3 is 0 Å². The molecule has 0 bridgehead atoms. The number of nitrogens with zero attached hydrogens (tertiary/aromatic N) is 4. The van der Waals surface area contributed by atoms with Crippen molar-refractivity contribution in [1.82, 2.24) is 24.6 Å². The standard InChI is InChI=1S/C21H21N5O/c1-25-19(15-18(24-25)16-7-3-2-4-8-16)21(27)23-12-6-13-26-14-10-17-9-5-11-22-20(17)26/h2-5,7-11,14-15H,6,12-13H2,1H3,(H,23,27). The molecule has 0 aliphatic heterocycles. The first-order chi connectivity index (χ1) is 13.2. The van der Waals surface area contributed by atoms with E-state index in [0.717, 1.165) is 35.3 Å². The molecule has 0 aliphatic rings. The Hall–Kier alpha value is -3.41. The zero-order valence-electron chi connectivity index (χ0n) is 15.2. The van der Waals surface area contributed by atoms with Gasteiger partial charge in [-0.25, -0.2) is 4.98 Å². The van der Waals surface area contributed by atoms with E-state index < -0.39 is 0 Å². The minimum Gasteiger partial charge on any atom is -0.351 e. The number of hydrogen-bond acceptors (Lipinski definition) is 3. The van der Waals surface area contributed by atoms with E-state index in [2.05, 4.69) is 26.0 Å². The van der Waals surface area contributed by atoms with Crippen LogP contribution in [0.5, 0.6) is 0 Å². The molecule has 4 aromatic rings. The summed E-state index contributed by atoms with van der Waals surface area (Å²) in [5.41, 5.74) is 3.33. The molecule has 1 aromatic carbocycles. The van der Waals surface area contributed by atoms with Crippen molar-refractivity contribution in [2.45, 2.75) is 13.0 Å². The van der Waals surface area contributed by atoms with Gasteiger partial charge in [-0.15, -0.1) is 0 Å². The number of pyridine rings is 1. The van der Waals surface area contributed by atoms with Crippen molar-refractivity contribution in [3.05, 3.63) is 72.7 Å².